The molecule has 6 heteroatoms. The number of ketones is 1. The number of anilines is 1. The molecule has 2 aromatic carbocycles. The Morgan fingerprint density at radius 1 is 1.08 bits per heavy atom. The summed E-state index contributed by atoms with van der Waals surface area (Å²) in [5.74, 6) is 0.123. The van der Waals surface area contributed by atoms with Gasteiger partial charge in [-0.3, -0.25) is 9.59 Å². The second-order valence-electron chi connectivity index (χ2n) is 5.62. The molecule has 0 aliphatic rings. The fourth-order valence-electron chi connectivity index (χ4n) is 2.41. The molecule has 0 aliphatic carbocycles. The van der Waals surface area contributed by atoms with Crippen LogP contribution in [0.3, 0.4) is 0 Å². The number of aromatic nitrogens is 2. The van der Waals surface area contributed by atoms with Crippen molar-refractivity contribution in [2.24, 2.45) is 7.05 Å². The molecule has 0 bridgehead atoms. The Bertz CT molecular complexity index is 899. The molecule has 126 valence electrons. The molecule has 0 aliphatic heterocycles. The number of rotatable bonds is 5. The van der Waals surface area contributed by atoms with Gasteiger partial charge in [-0.2, -0.15) is 0 Å². The van der Waals surface area contributed by atoms with Crippen molar-refractivity contribution in [2.75, 3.05) is 5.32 Å². The predicted molar refractivity (Wildman–Crippen MR) is 99.6 cm³/mol. The standard InChI is InChI=1S/C19H16BrN3O2/c1-23-11-10-21-19(23)18(25)14-4-8-16(9-5-14)22-17(24)12-13-2-6-15(20)7-3-13/h2-11H,12H2,1H3,(H,22,24). The summed E-state index contributed by atoms with van der Waals surface area (Å²) in [5, 5.41) is 2.83. The van der Waals surface area contributed by atoms with Crippen LogP contribution in [0.2, 0.25) is 0 Å². The van der Waals surface area contributed by atoms with Crippen molar-refractivity contribution in [3.05, 3.63) is 82.3 Å². The van der Waals surface area contributed by atoms with Gasteiger partial charge in [0.05, 0.1) is 6.42 Å². The van der Waals surface area contributed by atoms with Crippen molar-refractivity contribution in [1.29, 1.82) is 0 Å². The lowest BCUT2D eigenvalue weighted by molar-refractivity contribution is -0.115. The van der Waals surface area contributed by atoms with E-state index in [9.17, 15) is 9.59 Å². The minimum Gasteiger partial charge on any atom is -0.331 e. The normalized spacial score (nSPS) is 10.5. The molecule has 1 heterocycles. The first kappa shape index (κ1) is 17.1. The molecular weight excluding hydrogens is 382 g/mol. The van der Waals surface area contributed by atoms with Crippen LogP contribution in [0.15, 0.2) is 65.4 Å². The van der Waals surface area contributed by atoms with Crippen molar-refractivity contribution in [2.45, 2.75) is 6.42 Å². The second kappa shape index (κ2) is 7.44. The predicted octanol–water partition coefficient (Wildman–Crippen LogP) is 3.59. The molecule has 1 aromatic heterocycles. The van der Waals surface area contributed by atoms with E-state index in [2.05, 4.69) is 26.2 Å². The number of aryl methyl sites for hydroxylation is 1. The summed E-state index contributed by atoms with van der Waals surface area (Å²) in [6.07, 6.45) is 3.61. The second-order valence-corrected chi connectivity index (χ2v) is 6.54. The van der Waals surface area contributed by atoms with Crippen LogP contribution < -0.4 is 5.32 Å². The van der Waals surface area contributed by atoms with Crippen molar-refractivity contribution < 1.29 is 9.59 Å². The van der Waals surface area contributed by atoms with Gasteiger partial charge in [0.1, 0.15) is 0 Å². The average Bonchev–Trinajstić information content (AvgIpc) is 3.03. The first-order valence-electron chi connectivity index (χ1n) is 7.69. The fourth-order valence-corrected chi connectivity index (χ4v) is 2.68. The van der Waals surface area contributed by atoms with Gasteiger partial charge in [-0.05, 0) is 42.0 Å². The van der Waals surface area contributed by atoms with Crippen LogP contribution in [0.5, 0.6) is 0 Å². The fraction of sp³-hybridized carbons (Fsp3) is 0.105. The zero-order chi connectivity index (χ0) is 17.8. The van der Waals surface area contributed by atoms with E-state index in [-0.39, 0.29) is 11.7 Å². The molecule has 0 fully saturated rings. The minimum atomic E-state index is -0.153. The molecule has 0 radical (unpaired) electrons. The molecule has 0 atom stereocenters. The van der Waals surface area contributed by atoms with E-state index in [1.165, 1.54) is 0 Å². The van der Waals surface area contributed by atoms with Crippen LogP contribution >= 0.6 is 15.9 Å². The van der Waals surface area contributed by atoms with Crippen molar-refractivity contribution in [3.8, 4) is 0 Å². The van der Waals surface area contributed by atoms with Crippen molar-refractivity contribution in [3.63, 3.8) is 0 Å². The van der Waals surface area contributed by atoms with Gasteiger partial charge < -0.3 is 9.88 Å². The SMILES string of the molecule is Cn1ccnc1C(=O)c1ccc(NC(=O)Cc2ccc(Br)cc2)cc1. The van der Waals surface area contributed by atoms with Crippen LogP contribution in [0.1, 0.15) is 21.7 Å². The number of carbonyl (C=O) groups excluding carboxylic acids is 2. The van der Waals surface area contributed by atoms with E-state index in [1.54, 1.807) is 48.3 Å². The molecule has 0 unspecified atom stereocenters. The number of nitrogens with zero attached hydrogens (tertiary/aromatic N) is 2. The topological polar surface area (TPSA) is 64.0 Å². The highest BCUT2D eigenvalue weighted by atomic mass is 79.9. The Kier molecular flexibility index (Phi) is 5.09. The van der Waals surface area contributed by atoms with E-state index < -0.39 is 0 Å². The Balaban J connectivity index is 1.64. The summed E-state index contributed by atoms with van der Waals surface area (Å²) in [6, 6.07) is 14.4. The molecule has 5 nitrogen and oxygen atoms in total. The zero-order valence-corrected chi connectivity index (χ0v) is 15.2. The smallest absolute Gasteiger partial charge is 0.228 e. The van der Waals surface area contributed by atoms with E-state index in [0.29, 0.717) is 23.5 Å². The lowest BCUT2D eigenvalue weighted by atomic mass is 10.1. The van der Waals surface area contributed by atoms with Gasteiger partial charge in [0.25, 0.3) is 0 Å². The van der Waals surface area contributed by atoms with Crippen molar-refractivity contribution in [1.82, 2.24) is 9.55 Å². The van der Waals surface area contributed by atoms with Gasteiger partial charge in [0.2, 0.25) is 11.7 Å². The number of carbonyl (C=O) groups is 2. The molecule has 0 saturated heterocycles. The molecular formula is C19H16BrN3O2. The average molecular weight is 398 g/mol. The van der Waals surface area contributed by atoms with Gasteiger partial charge in [0.15, 0.2) is 5.82 Å². The third kappa shape index (κ3) is 4.22. The van der Waals surface area contributed by atoms with Gasteiger partial charge in [0, 0.05) is 35.2 Å². The maximum absolute atomic E-state index is 12.4. The lowest BCUT2D eigenvalue weighted by Gasteiger charge is -2.07. The highest BCUT2D eigenvalue weighted by molar-refractivity contribution is 9.10. The Labute approximate surface area is 153 Å². The monoisotopic (exact) mass is 397 g/mol. The first-order chi connectivity index (χ1) is 12.0. The quantitative estimate of drug-likeness (QED) is 0.668. The number of imidazole rings is 1. The highest BCUT2D eigenvalue weighted by Gasteiger charge is 2.13. The molecule has 3 aromatic rings. The van der Waals surface area contributed by atoms with Gasteiger partial charge in [-0.25, -0.2) is 4.98 Å². The molecule has 1 amide bonds. The zero-order valence-electron chi connectivity index (χ0n) is 13.6. The summed E-state index contributed by atoms with van der Waals surface area (Å²) in [6.45, 7) is 0. The summed E-state index contributed by atoms with van der Waals surface area (Å²) in [7, 11) is 1.77. The Hall–Kier alpha value is -2.73. The Morgan fingerprint density at radius 2 is 1.76 bits per heavy atom. The maximum Gasteiger partial charge on any atom is 0.228 e. The van der Waals surface area contributed by atoms with Crippen LogP contribution in [0.4, 0.5) is 5.69 Å². The summed E-state index contributed by atoms with van der Waals surface area (Å²) < 4.78 is 2.65. The summed E-state index contributed by atoms with van der Waals surface area (Å²) in [4.78, 5) is 28.5. The van der Waals surface area contributed by atoms with Gasteiger partial charge in [-0.1, -0.05) is 28.1 Å². The largest absolute Gasteiger partial charge is 0.331 e. The molecule has 1 N–H and O–H groups in total. The number of benzene rings is 2. The number of hydrogen-bond donors (Lipinski definition) is 1. The van der Waals surface area contributed by atoms with E-state index in [4.69, 9.17) is 0 Å². The number of hydrogen-bond acceptors (Lipinski definition) is 3. The molecule has 3 rings (SSSR count). The number of nitrogens with one attached hydrogen (secondary N) is 1. The minimum absolute atomic E-state index is 0.106. The molecule has 25 heavy (non-hydrogen) atoms. The van der Waals surface area contributed by atoms with Gasteiger partial charge >= 0.3 is 0 Å². The Morgan fingerprint density at radius 3 is 2.36 bits per heavy atom. The summed E-state index contributed by atoms with van der Waals surface area (Å²) >= 11 is 3.37. The summed E-state index contributed by atoms with van der Waals surface area (Å²) in [5.41, 5.74) is 2.11. The van der Waals surface area contributed by atoms with E-state index in [1.807, 2.05) is 24.3 Å². The first-order valence-corrected chi connectivity index (χ1v) is 8.48. The van der Waals surface area contributed by atoms with Crippen LogP contribution in [0.25, 0.3) is 0 Å². The lowest BCUT2D eigenvalue weighted by Crippen LogP contribution is -2.14. The van der Waals surface area contributed by atoms with Crippen molar-refractivity contribution >= 4 is 33.3 Å². The molecule has 0 saturated carbocycles. The molecule has 0 spiro atoms. The van der Waals surface area contributed by atoms with Crippen LogP contribution in [-0.2, 0) is 18.3 Å². The van der Waals surface area contributed by atoms with Crippen LogP contribution in [-0.4, -0.2) is 21.2 Å². The third-order valence-electron chi connectivity index (χ3n) is 3.73. The van der Waals surface area contributed by atoms with E-state index in [0.717, 1.165) is 10.0 Å². The maximum atomic E-state index is 12.4. The van der Waals surface area contributed by atoms with E-state index >= 15 is 0 Å². The number of halogens is 1. The van der Waals surface area contributed by atoms with Crippen LogP contribution in [0, 0.1) is 0 Å². The number of amides is 1. The highest BCUT2D eigenvalue weighted by Crippen LogP contribution is 2.14. The van der Waals surface area contributed by atoms with Gasteiger partial charge in [-0.15, -0.1) is 0 Å². The third-order valence-corrected chi connectivity index (χ3v) is 4.26.